The minimum absolute atomic E-state index is 0.134. The molecule has 2 aromatic carbocycles. The van der Waals surface area contributed by atoms with Gasteiger partial charge in [-0.25, -0.2) is 4.79 Å². The van der Waals surface area contributed by atoms with Crippen molar-refractivity contribution in [3.05, 3.63) is 69.0 Å². The third-order valence-electron chi connectivity index (χ3n) is 3.91. The monoisotopic (exact) mass is 441 g/mol. The number of para-hydroxylation sites is 1. The van der Waals surface area contributed by atoms with E-state index >= 15 is 0 Å². The predicted molar refractivity (Wildman–Crippen MR) is 104 cm³/mol. The van der Waals surface area contributed by atoms with Crippen molar-refractivity contribution >= 4 is 38.8 Å². The molecule has 1 amide bonds. The number of anilines is 1. The van der Waals surface area contributed by atoms with Gasteiger partial charge in [-0.3, -0.25) is 10.1 Å². The lowest BCUT2D eigenvalue weighted by Crippen LogP contribution is -2.20. The molecule has 140 valence electrons. The minimum atomic E-state index is -0.804. The number of hydrogen-bond donors (Lipinski definition) is 1. The van der Waals surface area contributed by atoms with Gasteiger partial charge in [0.25, 0.3) is 5.91 Å². The zero-order chi connectivity index (χ0) is 19.7. The Bertz CT molecular complexity index is 1250. The highest BCUT2D eigenvalue weighted by molar-refractivity contribution is 9.10. The summed E-state index contributed by atoms with van der Waals surface area (Å²) in [4.78, 5) is 24.7. The topological polar surface area (TPSA) is 107 Å². The number of fused-ring (bicyclic) bond motifs is 1. The fourth-order valence-electron chi connectivity index (χ4n) is 2.61. The molecule has 0 saturated carbocycles. The predicted octanol–water partition coefficient (Wildman–Crippen LogP) is 3.87. The van der Waals surface area contributed by atoms with E-state index < -0.39 is 11.5 Å². The van der Waals surface area contributed by atoms with Crippen LogP contribution in [0.15, 0.2) is 66.6 Å². The number of carbonyl (C=O) groups excluding carboxylic acids is 1. The zero-order valence-corrected chi connectivity index (χ0v) is 16.0. The molecule has 0 aliphatic rings. The first-order valence-electron chi connectivity index (χ1n) is 8.07. The Morgan fingerprint density at radius 3 is 2.71 bits per heavy atom. The van der Waals surface area contributed by atoms with E-state index in [0.717, 1.165) is 4.47 Å². The van der Waals surface area contributed by atoms with Crippen LogP contribution in [0.3, 0.4) is 0 Å². The molecule has 0 bridgehead atoms. The van der Waals surface area contributed by atoms with Crippen molar-refractivity contribution in [2.24, 2.45) is 0 Å². The molecule has 0 fully saturated rings. The molecule has 0 saturated heterocycles. The normalized spacial score (nSPS) is 10.8. The molecule has 2 aromatic heterocycles. The van der Waals surface area contributed by atoms with Gasteiger partial charge in [-0.2, -0.15) is 0 Å². The van der Waals surface area contributed by atoms with Crippen LogP contribution in [-0.4, -0.2) is 23.2 Å². The molecule has 9 heteroatoms. The number of hydrogen-bond acceptors (Lipinski definition) is 7. The van der Waals surface area contributed by atoms with Gasteiger partial charge in [0, 0.05) is 15.4 Å². The maximum Gasteiger partial charge on any atom is 0.349 e. The maximum atomic E-state index is 12.5. The standard InChI is InChI=1S/C19H12BrN3O5/c1-26-14-7-3-4-10-9-13(18(25)27-15(10)14)16(24)21-19-23-22-17(28-19)11-5-2-6-12(20)8-11/h2-9H,1H3,(H,21,23,24). The Labute approximate surface area is 166 Å². The highest BCUT2D eigenvalue weighted by Crippen LogP contribution is 2.25. The van der Waals surface area contributed by atoms with Crippen LogP contribution < -0.4 is 15.7 Å². The molecule has 2 heterocycles. The van der Waals surface area contributed by atoms with E-state index in [0.29, 0.717) is 16.7 Å². The minimum Gasteiger partial charge on any atom is -0.493 e. The van der Waals surface area contributed by atoms with Crippen molar-refractivity contribution in [1.82, 2.24) is 10.2 Å². The Balaban J connectivity index is 1.62. The highest BCUT2D eigenvalue weighted by Gasteiger charge is 2.18. The molecule has 0 radical (unpaired) electrons. The number of aromatic nitrogens is 2. The summed E-state index contributed by atoms with van der Waals surface area (Å²) in [6.07, 6.45) is 0. The summed E-state index contributed by atoms with van der Waals surface area (Å²) < 4.78 is 16.7. The molecule has 28 heavy (non-hydrogen) atoms. The van der Waals surface area contributed by atoms with Crippen molar-refractivity contribution in [3.8, 4) is 17.2 Å². The third kappa shape index (κ3) is 3.39. The average molecular weight is 442 g/mol. The van der Waals surface area contributed by atoms with E-state index in [-0.39, 0.29) is 23.1 Å². The smallest absolute Gasteiger partial charge is 0.349 e. The van der Waals surface area contributed by atoms with Gasteiger partial charge in [-0.05, 0) is 30.3 Å². The summed E-state index contributed by atoms with van der Waals surface area (Å²) >= 11 is 3.36. The van der Waals surface area contributed by atoms with Gasteiger partial charge in [0.2, 0.25) is 5.89 Å². The van der Waals surface area contributed by atoms with E-state index in [1.54, 1.807) is 30.3 Å². The number of methoxy groups -OCH3 is 1. The number of carbonyl (C=O) groups is 1. The first-order valence-corrected chi connectivity index (χ1v) is 8.86. The Morgan fingerprint density at radius 1 is 1.11 bits per heavy atom. The van der Waals surface area contributed by atoms with Crippen molar-refractivity contribution < 1.29 is 18.4 Å². The molecule has 8 nitrogen and oxygen atoms in total. The fourth-order valence-corrected chi connectivity index (χ4v) is 3.01. The van der Waals surface area contributed by atoms with Crippen LogP contribution in [0, 0.1) is 0 Å². The Kier molecular flexibility index (Phi) is 4.66. The van der Waals surface area contributed by atoms with E-state index in [2.05, 4.69) is 31.4 Å². The number of amides is 1. The molecular formula is C19H12BrN3O5. The molecule has 1 N–H and O–H groups in total. The summed E-state index contributed by atoms with van der Waals surface area (Å²) in [5.74, 6) is -0.0908. The van der Waals surface area contributed by atoms with Gasteiger partial charge in [0.1, 0.15) is 5.56 Å². The Hall–Kier alpha value is -3.46. The number of halogens is 1. The second-order valence-corrected chi connectivity index (χ2v) is 6.62. The van der Waals surface area contributed by atoms with Gasteiger partial charge in [-0.15, -0.1) is 5.10 Å². The van der Waals surface area contributed by atoms with Crippen molar-refractivity contribution in [1.29, 1.82) is 0 Å². The largest absolute Gasteiger partial charge is 0.493 e. The summed E-state index contributed by atoms with van der Waals surface area (Å²) in [5, 5.41) is 10.7. The molecule has 4 aromatic rings. The van der Waals surface area contributed by atoms with Crippen LogP contribution in [0.4, 0.5) is 6.01 Å². The first-order chi connectivity index (χ1) is 13.5. The van der Waals surface area contributed by atoms with Gasteiger partial charge in [0.15, 0.2) is 11.3 Å². The number of rotatable bonds is 4. The van der Waals surface area contributed by atoms with Crippen molar-refractivity contribution in [2.75, 3.05) is 12.4 Å². The Morgan fingerprint density at radius 2 is 1.93 bits per heavy atom. The van der Waals surface area contributed by atoms with Crippen LogP contribution >= 0.6 is 15.9 Å². The van der Waals surface area contributed by atoms with Gasteiger partial charge < -0.3 is 13.6 Å². The maximum absolute atomic E-state index is 12.5. The molecule has 0 unspecified atom stereocenters. The summed E-state index contributed by atoms with van der Waals surface area (Å²) in [6.45, 7) is 0. The molecule has 0 aliphatic heterocycles. The summed E-state index contributed by atoms with van der Waals surface area (Å²) in [5.41, 5.74) is -0.0508. The van der Waals surface area contributed by atoms with Crippen LogP contribution in [0.5, 0.6) is 5.75 Å². The number of nitrogens with one attached hydrogen (secondary N) is 1. The summed E-state index contributed by atoms with van der Waals surface area (Å²) in [6, 6.07) is 13.6. The molecular weight excluding hydrogens is 430 g/mol. The molecule has 0 atom stereocenters. The van der Waals surface area contributed by atoms with Gasteiger partial charge in [-0.1, -0.05) is 39.2 Å². The van der Waals surface area contributed by atoms with Gasteiger partial charge >= 0.3 is 11.6 Å². The lowest BCUT2D eigenvalue weighted by Gasteiger charge is -2.05. The lowest BCUT2D eigenvalue weighted by atomic mass is 10.1. The third-order valence-corrected chi connectivity index (χ3v) is 4.40. The van der Waals surface area contributed by atoms with Crippen LogP contribution in [0.25, 0.3) is 22.4 Å². The number of ether oxygens (including phenoxy) is 1. The van der Waals surface area contributed by atoms with Crippen LogP contribution in [0.1, 0.15) is 10.4 Å². The number of benzene rings is 2. The van der Waals surface area contributed by atoms with Crippen molar-refractivity contribution in [3.63, 3.8) is 0 Å². The van der Waals surface area contributed by atoms with Crippen LogP contribution in [-0.2, 0) is 0 Å². The number of nitrogens with zero attached hydrogens (tertiary/aromatic N) is 2. The average Bonchev–Trinajstić information content (AvgIpc) is 3.15. The second kappa shape index (κ2) is 7.28. The second-order valence-electron chi connectivity index (χ2n) is 5.70. The SMILES string of the molecule is COc1cccc2cc(C(=O)Nc3nnc(-c4cccc(Br)c4)o3)c(=O)oc12. The van der Waals surface area contributed by atoms with Crippen molar-refractivity contribution in [2.45, 2.75) is 0 Å². The first kappa shape index (κ1) is 17.9. The zero-order valence-electron chi connectivity index (χ0n) is 14.4. The van der Waals surface area contributed by atoms with E-state index in [1.807, 2.05) is 12.1 Å². The molecule has 0 spiro atoms. The fraction of sp³-hybridized carbons (Fsp3) is 0.0526. The van der Waals surface area contributed by atoms with E-state index in [4.69, 9.17) is 13.6 Å². The highest BCUT2D eigenvalue weighted by atomic mass is 79.9. The quantitative estimate of drug-likeness (QED) is 0.478. The lowest BCUT2D eigenvalue weighted by molar-refractivity contribution is 0.102. The molecule has 4 rings (SSSR count). The van der Waals surface area contributed by atoms with Crippen LogP contribution in [0.2, 0.25) is 0 Å². The van der Waals surface area contributed by atoms with E-state index in [9.17, 15) is 9.59 Å². The van der Waals surface area contributed by atoms with E-state index in [1.165, 1.54) is 13.2 Å². The van der Waals surface area contributed by atoms with Gasteiger partial charge in [0.05, 0.1) is 7.11 Å². The molecule has 0 aliphatic carbocycles. The summed E-state index contributed by atoms with van der Waals surface area (Å²) in [7, 11) is 1.47.